The first kappa shape index (κ1) is 15.2. The van der Waals surface area contributed by atoms with Gasteiger partial charge in [-0.05, 0) is 18.6 Å². The molecule has 1 aliphatic rings. The van der Waals surface area contributed by atoms with Crippen LogP contribution in [-0.4, -0.2) is 59.1 Å². The van der Waals surface area contributed by atoms with Gasteiger partial charge in [-0.2, -0.15) is 12.6 Å². The second-order valence-corrected chi connectivity index (χ2v) is 4.74. The maximum absolute atomic E-state index is 5.56. The lowest BCUT2D eigenvalue weighted by molar-refractivity contribution is -0.00186. The molecule has 0 radical (unpaired) electrons. The molecule has 0 saturated heterocycles. The molecule has 0 amide bonds. The van der Waals surface area contributed by atoms with Crippen LogP contribution in [-0.2, 0) is 18.9 Å². The Balaban J connectivity index is 1.73. The van der Waals surface area contributed by atoms with E-state index in [1.807, 2.05) is 0 Å². The zero-order valence-electron chi connectivity index (χ0n) is 10.7. The number of hydrogen-bond donors (Lipinski definition) is 1. The quantitative estimate of drug-likeness (QED) is 0.427. The molecule has 0 aliphatic heterocycles. The lowest BCUT2D eigenvalue weighted by Gasteiger charge is -2.12. The molecule has 1 saturated carbocycles. The fourth-order valence-corrected chi connectivity index (χ4v) is 1.80. The average Bonchev–Trinajstić information content (AvgIpc) is 3.12. The predicted molar refractivity (Wildman–Crippen MR) is 69.9 cm³/mol. The van der Waals surface area contributed by atoms with Crippen LogP contribution in [0.4, 0.5) is 0 Å². The first-order valence-electron chi connectivity index (χ1n) is 6.16. The molecule has 0 aromatic heterocycles. The highest BCUT2D eigenvalue weighted by Crippen LogP contribution is 2.46. The van der Waals surface area contributed by atoms with E-state index in [2.05, 4.69) is 12.6 Å². The van der Waals surface area contributed by atoms with E-state index in [0.29, 0.717) is 45.1 Å². The summed E-state index contributed by atoms with van der Waals surface area (Å²) in [6.07, 6.45) is 2.51. The van der Waals surface area contributed by atoms with Gasteiger partial charge in [0.15, 0.2) is 0 Å². The maximum atomic E-state index is 5.56. The lowest BCUT2D eigenvalue weighted by atomic mass is 10.2. The molecule has 1 aliphatic carbocycles. The molecule has 0 spiro atoms. The second-order valence-electron chi connectivity index (χ2n) is 4.43. The molecule has 0 heterocycles. The Bertz CT molecular complexity index is 185. The van der Waals surface area contributed by atoms with Crippen LogP contribution in [0.25, 0.3) is 0 Å². The predicted octanol–water partition coefficient (Wildman–Crippen LogP) is 1.39. The van der Waals surface area contributed by atoms with E-state index in [4.69, 9.17) is 18.9 Å². The SMILES string of the molecule is COCCOCCOCCOCC1(CS)CC1. The van der Waals surface area contributed by atoms with E-state index in [9.17, 15) is 0 Å². The van der Waals surface area contributed by atoms with Gasteiger partial charge in [0.05, 0.1) is 46.2 Å². The van der Waals surface area contributed by atoms with Gasteiger partial charge in [0.25, 0.3) is 0 Å². The first-order chi connectivity index (χ1) is 8.33. The topological polar surface area (TPSA) is 36.9 Å². The molecule has 0 aromatic rings. The number of methoxy groups -OCH3 is 1. The third-order valence-corrected chi connectivity index (χ3v) is 3.55. The third-order valence-electron chi connectivity index (χ3n) is 2.88. The minimum absolute atomic E-state index is 0.381. The molecular formula is C12H24O4S. The molecule has 102 valence electrons. The van der Waals surface area contributed by atoms with Gasteiger partial charge in [0.2, 0.25) is 0 Å². The van der Waals surface area contributed by atoms with E-state index < -0.39 is 0 Å². The summed E-state index contributed by atoms with van der Waals surface area (Å²) in [6, 6.07) is 0. The summed E-state index contributed by atoms with van der Waals surface area (Å²) in [5.74, 6) is 0.932. The van der Waals surface area contributed by atoms with Crippen LogP contribution < -0.4 is 0 Å². The molecule has 4 nitrogen and oxygen atoms in total. The van der Waals surface area contributed by atoms with Crippen LogP contribution in [0.2, 0.25) is 0 Å². The van der Waals surface area contributed by atoms with E-state index in [1.165, 1.54) is 12.8 Å². The van der Waals surface area contributed by atoms with Crippen molar-refractivity contribution in [3.05, 3.63) is 0 Å². The summed E-state index contributed by atoms with van der Waals surface area (Å²) in [6.45, 7) is 4.61. The minimum atomic E-state index is 0.381. The van der Waals surface area contributed by atoms with Crippen molar-refractivity contribution in [3.8, 4) is 0 Å². The molecule has 0 bridgehead atoms. The van der Waals surface area contributed by atoms with E-state index in [0.717, 1.165) is 12.4 Å². The lowest BCUT2D eigenvalue weighted by Crippen LogP contribution is -2.16. The van der Waals surface area contributed by atoms with E-state index in [1.54, 1.807) is 7.11 Å². The standard InChI is InChI=1S/C12H24O4S/c1-13-4-5-14-6-7-15-8-9-16-10-12(11-17)2-3-12/h17H,2-11H2,1H3. The molecular weight excluding hydrogens is 240 g/mol. The van der Waals surface area contributed by atoms with Gasteiger partial charge < -0.3 is 18.9 Å². The van der Waals surface area contributed by atoms with Crippen LogP contribution >= 0.6 is 12.6 Å². The van der Waals surface area contributed by atoms with Crippen molar-refractivity contribution in [2.24, 2.45) is 5.41 Å². The van der Waals surface area contributed by atoms with Crippen LogP contribution in [0, 0.1) is 5.41 Å². The van der Waals surface area contributed by atoms with Gasteiger partial charge >= 0.3 is 0 Å². The van der Waals surface area contributed by atoms with Gasteiger partial charge in [0.1, 0.15) is 0 Å². The van der Waals surface area contributed by atoms with Crippen molar-refractivity contribution in [2.75, 3.05) is 59.1 Å². The number of thiol groups is 1. The highest BCUT2D eigenvalue weighted by atomic mass is 32.1. The zero-order chi connectivity index (χ0) is 12.4. The van der Waals surface area contributed by atoms with Gasteiger partial charge in [-0.3, -0.25) is 0 Å². The maximum Gasteiger partial charge on any atom is 0.0701 e. The van der Waals surface area contributed by atoms with Crippen molar-refractivity contribution in [1.29, 1.82) is 0 Å². The van der Waals surface area contributed by atoms with E-state index >= 15 is 0 Å². The van der Waals surface area contributed by atoms with Crippen molar-refractivity contribution in [2.45, 2.75) is 12.8 Å². The summed E-state index contributed by atoms with van der Waals surface area (Å²) in [5, 5.41) is 0. The molecule has 0 N–H and O–H groups in total. The first-order valence-corrected chi connectivity index (χ1v) is 6.79. The molecule has 0 unspecified atom stereocenters. The van der Waals surface area contributed by atoms with Crippen LogP contribution in [0.15, 0.2) is 0 Å². The van der Waals surface area contributed by atoms with Crippen molar-refractivity contribution < 1.29 is 18.9 Å². The Morgan fingerprint density at radius 2 is 1.41 bits per heavy atom. The average molecular weight is 264 g/mol. The van der Waals surface area contributed by atoms with Gasteiger partial charge in [-0.15, -0.1) is 0 Å². The summed E-state index contributed by atoms with van der Waals surface area (Å²) < 4.78 is 21.1. The minimum Gasteiger partial charge on any atom is -0.382 e. The summed E-state index contributed by atoms with van der Waals surface area (Å²) in [4.78, 5) is 0. The summed E-state index contributed by atoms with van der Waals surface area (Å²) >= 11 is 4.32. The van der Waals surface area contributed by atoms with Gasteiger partial charge in [-0.1, -0.05) is 0 Å². The Labute approximate surface area is 109 Å². The van der Waals surface area contributed by atoms with Crippen LogP contribution in [0.1, 0.15) is 12.8 Å². The Morgan fingerprint density at radius 1 is 0.882 bits per heavy atom. The highest BCUT2D eigenvalue weighted by Gasteiger charge is 2.41. The molecule has 0 atom stereocenters. The summed E-state index contributed by atoms with van der Waals surface area (Å²) in [5.41, 5.74) is 0.381. The van der Waals surface area contributed by atoms with Crippen molar-refractivity contribution >= 4 is 12.6 Å². The zero-order valence-corrected chi connectivity index (χ0v) is 11.5. The number of rotatable bonds is 12. The van der Waals surface area contributed by atoms with E-state index in [-0.39, 0.29) is 0 Å². The molecule has 5 heteroatoms. The van der Waals surface area contributed by atoms with Crippen LogP contribution in [0.5, 0.6) is 0 Å². The monoisotopic (exact) mass is 264 g/mol. The Morgan fingerprint density at radius 3 is 1.88 bits per heavy atom. The fourth-order valence-electron chi connectivity index (χ4n) is 1.40. The molecule has 17 heavy (non-hydrogen) atoms. The normalized spacial score (nSPS) is 17.3. The molecule has 0 aromatic carbocycles. The van der Waals surface area contributed by atoms with Crippen molar-refractivity contribution in [3.63, 3.8) is 0 Å². The van der Waals surface area contributed by atoms with Crippen molar-refractivity contribution in [1.82, 2.24) is 0 Å². The largest absolute Gasteiger partial charge is 0.382 e. The van der Waals surface area contributed by atoms with Crippen LogP contribution in [0.3, 0.4) is 0 Å². The Hall–Kier alpha value is 0.190. The second kappa shape index (κ2) is 9.16. The van der Waals surface area contributed by atoms with Gasteiger partial charge in [0, 0.05) is 12.5 Å². The smallest absolute Gasteiger partial charge is 0.0701 e. The van der Waals surface area contributed by atoms with Gasteiger partial charge in [-0.25, -0.2) is 0 Å². The molecule has 1 fully saturated rings. The summed E-state index contributed by atoms with van der Waals surface area (Å²) in [7, 11) is 1.66. The number of ether oxygens (including phenoxy) is 4. The molecule has 1 rings (SSSR count). The highest BCUT2D eigenvalue weighted by molar-refractivity contribution is 7.80. The fraction of sp³-hybridized carbons (Fsp3) is 1.00. The number of hydrogen-bond acceptors (Lipinski definition) is 5. The third kappa shape index (κ3) is 7.26. The Kier molecular flexibility index (Phi) is 8.22.